The summed E-state index contributed by atoms with van der Waals surface area (Å²) in [5.41, 5.74) is 0.0158. The van der Waals surface area contributed by atoms with Crippen molar-refractivity contribution in [3.05, 3.63) is 12.2 Å². The lowest BCUT2D eigenvalue weighted by atomic mass is 10.4. The summed E-state index contributed by atoms with van der Waals surface area (Å²) < 4.78 is 15.6. The van der Waals surface area contributed by atoms with Crippen molar-refractivity contribution < 1.29 is 18.4 Å². The van der Waals surface area contributed by atoms with Crippen LogP contribution < -0.4 is 0 Å². The highest BCUT2D eigenvalue weighted by atomic mass is 28.4. The molecule has 0 amide bonds. The number of hydrogen-bond acceptors (Lipinski definition) is 4. The van der Waals surface area contributed by atoms with E-state index < -0.39 is 14.5 Å². The van der Waals surface area contributed by atoms with E-state index in [1.807, 2.05) is 6.55 Å². The van der Waals surface area contributed by atoms with Gasteiger partial charge in [-0.2, -0.15) is 0 Å². The number of hydrogen-bond donors (Lipinski definition) is 0. The minimum Gasteiger partial charge on any atom is -0.457 e. The lowest BCUT2D eigenvalue weighted by Crippen LogP contribution is -2.49. The minimum atomic E-state index is -2.39. The molecule has 0 fully saturated rings. The van der Waals surface area contributed by atoms with Gasteiger partial charge in [-0.1, -0.05) is 6.58 Å². The van der Waals surface area contributed by atoms with Crippen LogP contribution in [0.15, 0.2) is 12.2 Å². The maximum Gasteiger partial charge on any atom is 0.376 e. The molecule has 0 aromatic heterocycles. The highest BCUT2D eigenvalue weighted by Crippen LogP contribution is 2.14. The van der Waals surface area contributed by atoms with Crippen molar-refractivity contribution in [1.29, 1.82) is 0 Å². The van der Waals surface area contributed by atoms with Crippen molar-refractivity contribution >= 4 is 14.5 Å². The summed E-state index contributed by atoms with van der Waals surface area (Å²) in [7, 11) is 0.719. The fourth-order valence-corrected chi connectivity index (χ4v) is 1.94. The first-order chi connectivity index (χ1) is 6.37. The van der Waals surface area contributed by atoms with E-state index in [0.717, 1.165) is 0 Å². The number of rotatable bonds is 5. The Labute approximate surface area is 86.1 Å². The van der Waals surface area contributed by atoms with Crippen molar-refractivity contribution in [3.63, 3.8) is 0 Å². The van der Waals surface area contributed by atoms with Gasteiger partial charge in [0, 0.05) is 19.8 Å². The predicted molar refractivity (Wildman–Crippen MR) is 56.0 cm³/mol. The van der Waals surface area contributed by atoms with E-state index in [1.54, 1.807) is 28.1 Å². The number of carbonyl (C=O) groups excluding carboxylic acids is 1. The molecular weight excluding hydrogens is 200 g/mol. The molecule has 0 radical (unpaired) electrons. The van der Waals surface area contributed by atoms with Crippen LogP contribution in [-0.4, -0.2) is 34.5 Å². The summed E-state index contributed by atoms with van der Waals surface area (Å²) in [6, 6.07) is 0. The second-order valence-electron chi connectivity index (χ2n) is 3.25. The maximum atomic E-state index is 11.2. The fraction of sp³-hybridized carbons (Fsp3) is 0.667. The molecule has 0 N–H and O–H groups in total. The molecule has 82 valence electrons. The van der Waals surface area contributed by atoms with Crippen LogP contribution in [0.3, 0.4) is 0 Å². The van der Waals surface area contributed by atoms with E-state index >= 15 is 0 Å². The van der Waals surface area contributed by atoms with Crippen LogP contribution in [0, 0.1) is 0 Å². The number of esters is 1. The van der Waals surface area contributed by atoms with Crippen LogP contribution in [0.1, 0.15) is 13.8 Å². The average molecular weight is 218 g/mol. The smallest absolute Gasteiger partial charge is 0.376 e. The molecule has 1 atom stereocenters. The largest absolute Gasteiger partial charge is 0.457 e. The Morgan fingerprint density at radius 2 is 1.79 bits per heavy atom. The van der Waals surface area contributed by atoms with Gasteiger partial charge in [0.2, 0.25) is 0 Å². The molecule has 0 aliphatic carbocycles. The van der Waals surface area contributed by atoms with Gasteiger partial charge >= 0.3 is 14.5 Å². The lowest BCUT2D eigenvalue weighted by Gasteiger charge is -2.28. The second kappa shape index (κ2) is 5.28. The highest BCUT2D eigenvalue weighted by Gasteiger charge is 2.39. The number of ether oxygens (including phenoxy) is 1. The third-order valence-electron chi connectivity index (χ3n) is 2.18. The Balaban J connectivity index is 4.39. The molecular formula is C9H18O4Si. The molecule has 5 heteroatoms. The van der Waals surface area contributed by atoms with E-state index in [1.165, 1.54) is 0 Å². The monoisotopic (exact) mass is 218 g/mol. The van der Waals surface area contributed by atoms with Crippen LogP contribution in [0.4, 0.5) is 0 Å². The average Bonchev–Trinajstić information content (AvgIpc) is 2.16. The van der Waals surface area contributed by atoms with Crippen LogP contribution in [0.25, 0.3) is 0 Å². The Hall–Kier alpha value is -0.653. The maximum absolute atomic E-state index is 11.2. The van der Waals surface area contributed by atoms with Gasteiger partial charge in [0.1, 0.15) is 5.73 Å². The van der Waals surface area contributed by atoms with Crippen molar-refractivity contribution in [2.45, 2.75) is 26.1 Å². The third kappa shape index (κ3) is 3.25. The van der Waals surface area contributed by atoms with Crippen LogP contribution in [0.2, 0.25) is 6.55 Å². The van der Waals surface area contributed by atoms with E-state index in [4.69, 9.17) is 13.6 Å². The highest BCUT2D eigenvalue weighted by molar-refractivity contribution is 6.67. The Kier molecular flexibility index (Phi) is 5.04. The molecule has 0 aliphatic heterocycles. The molecule has 0 saturated carbocycles. The van der Waals surface area contributed by atoms with Crippen molar-refractivity contribution in [2.75, 3.05) is 14.2 Å². The zero-order chi connectivity index (χ0) is 11.4. The molecule has 1 unspecified atom stereocenters. The van der Waals surface area contributed by atoms with Gasteiger partial charge in [-0.3, -0.25) is 0 Å². The Morgan fingerprint density at radius 1 is 1.36 bits per heavy atom. The quantitative estimate of drug-likeness (QED) is 0.397. The fourth-order valence-electron chi connectivity index (χ4n) is 0.783. The van der Waals surface area contributed by atoms with Gasteiger partial charge in [-0.05, 0) is 20.4 Å². The SMILES string of the molecule is C=C(C)C(=O)OC(C)[Si](C)(OC)OC. The van der Waals surface area contributed by atoms with Gasteiger partial charge in [-0.25, -0.2) is 4.79 Å². The number of carbonyl (C=O) groups is 1. The van der Waals surface area contributed by atoms with Gasteiger partial charge in [0.05, 0.1) is 0 Å². The Morgan fingerprint density at radius 3 is 2.07 bits per heavy atom. The lowest BCUT2D eigenvalue weighted by molar-refractivity contribution is -0.141. The molecule has 0 aromatic carbocycles. The topological polar surface area (TPSA) is 44.8 Å². The van der Waals surface area contributed by atoms with Crippen molar-refractivity contribution in [3.8, 4) is 0 Å². The van der Waals surface area contributed by atoms with Crippen LogP contribution in [-0.2, 0) is 18.4 Å². The first-order valence-corrected chi connectivity index (χ1v) is 6.73. The predicted octanol–water partition coefficient (Wildman–Crippen LogP) is 1.40. The van der Waals surface area contributed by atoms with Crippen molar-refractivity contribution in [2.24, 2.45) is 0 Å². The first-order valence-electron chi connectivity index (χ1n) is 4.34. The normalized spacial score (nSPS) is 13.5. The zero-order valence-electron chi connectivity index (χ0n) is 9.42. The first kappa shape index (κ1) is 13.3. The molecule has 0 aromatic rings. The van der Waals surface area contributed by atoms with E-state index in [0.29, 0.717) is 5.57 Å². The molecule has 4 nitrogen and oxygen atoms in total. The minimum absolute atomic E-state index is 0.360. The van der Waals surface area contributed by atoms with Gasteiger partial charge in [0.15, 0.2) is 0 Å². The molecule has 0 heterocycles. The summed E-state index contributed by atoms with van der Waals surface area (Å²) in [6.45, 7) is 8.71. The van der Waals surface area contributed by atoms with Gasteiger partial charge in [0.25, 0.3) is 0 Å². The molecule has 14 heavy (non-hydrogen) atoms. The molecule has 0 saturated heterocycles. The third-order valence-corrected chi connectivity index (χ3v) is 5.40. The molecule has 0 rings (SSSR count). The summed E-state index contributed by atoms with van der Waals surface area (Å²) >= 11 is 0. The standard InChI is InChI=1S/C9H18O4Si/c1-7(2)9(10)13-8(3)14(6,11-4)12-5/h8H,1H2,2-6H3. The van der Waals surface area contributed by atoms with E-state index in [9.17, 15) is 4.79 Å². The van der Waals surface area contributed by atoms with E-state index in [2.05, 4.69) is 6.58 Å². The molecule has 0 spiro atoms. The molecule has 0 aliphatic rings. The van der Waals surface area contributed by atoms with Crippen LogP contribution in [0.5, 0.6) is 0 Å². The second-order valence-corrected chi connectivity index (χ2v) is 6.91. The summed E-state index contributed by atoms with van der Waals surface area (Å²) in [5.74, 6) is -0.412. The zero-order valence-corrected chi connectivity index (χ0v) is 10.4. The van der Waals surface area contributed by atoms with E-state index in [-0.39, 0.29) is 5.73 Å². The van der Waals surface area contributed by atoms with Gasteiger partial charge in [-0.15, -0.1) is 0 Å². The van der Waals surface area contributed by atoms with Gasteiger partial charge < -0.3 is 13.6 Å². The Bertz CT molecular complexity index is 223. The summed E-state index contributed by atoms with van der Waals surface area (Å²) in [4.78, 5) is 11.2. The summed E-state index contributed by atoms with van der Waals surface area (Å²) in [6.07, 6.45) is 0. The summed E-state index contributed by atoms with van der Waals surface area (Å²) in [5, 5.41) is 0. The van der Waals surface area contributed by atoms with Crippen LogP contribution >= 0.6 is 0 Å². The van der Waals surface area contributed by atoms with Crippen molar-refractivity contribution in [1.82, 2.24) is 0 Å². The molecule has 0 bridgehead atoms.